The number of hydrogen-bond donors (Lipinski definition) is 0. The Morgan fingerprint density at radius 1 is 1.20 bits per heavy atom. The summed E-state index contributed by atoms with van der Waals surface area (Å²) in [6.45, 7) is 0. The molecular formula is C11H11ClO3. The highest BCUT2D eigenvalue weighted by atomic mass is 35.5. The standard InChI is InChI=1S/C11H11ClO3/c1-15-11(14)7-6-10(13)8-2-4-9(12)5-3-8/h2-5H,6-7H2,1H3. The fraction of sp³-hybridized carbons (Fsp3) is 0.273. The molecule has 0 bridgehead atoms. The lowest BCUT2D eigenvalue weighted by molar-refractivity contribution is -0.140. The molecule has 0 aliphatic heterocycles. The molecule has 0 saturated heterocycles. The second-order valence-corrected chi connectivity index (χ2v) is 3.44. The zero-order valence-electron chi connectivity index (χ0n) is 8.33. The minimum atomic E-state index is -0.377. The van der Waals surface area contributed by atoms with Gasteiger partial charge in [0, 0.05) is 17.0 Å². The van der Waals surface area contributed by atoms with Gasteiger partial charge in [-0.3, -0.25) is 9.59 Å². The van der Waals surface area contributed by atoms with Gasteiger partial charge in [0.25, 0.3) is 0 Å². The Hall–Kier alpha value is -1.35. The van der Waals surface area contributed by atoms with E-state index in [1.807, 2.05) is 0 Å². The molecule has 0 N–H and O–H groups in total. The minimum absolute atomic E-state index is 0.0860. The van der Waals surface area contributed by atoms with Crippen LogP contribution in [0.1, 0.15) is 23.2 Å². The Bertz CT molecular complexity index is 357. The predicted molar refractivity (Wildman–Crippen MR) is 57.0 cm³/mol. The van der Waals surface area contributed by atoms with E-state index < -0.39 is 0 Å². The van der Waals surface area contributed by atoms with Crippen LogP contribution in [0, 0.1) is 0 Å². The van der Waals surface area contributed by atoms with Gasteiger partial charge in [-0.2, -0.15) is 0 Å². The summed E-state index contributed by atoms with van der Waals surface area (Å²) < 4.78 is 4.44. The summed E-state index contributed by atoms with van der Waals surface area (Å²) in [5.41, 5.74) is 0.559. The van der Waals surface area contributed by atoms with Gasteiger partial charge in [-0.25, -0.2) is 0 Å². The van der Waals surface area contributed by atoms with Gasteiger partial charge in [-0.15, -0.1) is 0 Å². The van der Waals surface area contributed by atoms with Crippen molar-refractivity contribution in [3.8, 4) is 0 Å². The molecule has 0 amide bonds. The van der Waals surface area contributed by atoms with Crippen molar-refractivity contribution in [2.24, 2.45) is 0 Å². The molecule has 80 valence electrons. The van der Waals surface area contributed by atoms with Crippen molar-refractivity contribution in [2.45, 2.75) is 12.8 Å². The molecule has 0 aromatic heterocycles. The fourth-order valence-corrected chi connectivity index (χ4v) is 1.22. The molecule has 0 fully saturated rings. The van der Waals surface area contributed by atoms with E-state index in [0.717, 1.165) is 0 Å². The van der Waals surface area contributed by atoms with Crippen LogP contribution in [0.5, 0.6) is 0 Å². The van der Waals surface area contributed by atoms with Crippen LogP contribution in [-0.4, -0.2) is 18.9 Å². The van der Waals surface area contributed by atoms with Crippen molar-refractivity contribution in [1.82, 2.24) is 0 Å². The van der Waals surface area contributed by atoms with Crippen molar-refractivity contribution in [2.75, 3.05) is 7.11 Å². The van der Waals surface area contributed by atoms with E-state index in [-0.39, 0.29) is 24.6 Å². The first-order valence-corrected chi connectivity index (χ1v) is 4.87. The number of benzene rings is 1. The van der Waals surface area contributed by atoms with Gasteiger partial charge >= 0.3 is 5.97 Å². The maximum Gasteiger partial charge on any atom is 0.305 e. The quantitative estimate of drug-likeness (QED) is 0.585. The van der Waals surface area contributed by atoms with Crippen LogP contribution in [0.4, 0.5) is 0 Å². The Morgan fingerprint density at radius 2 is 1.80 bits per heavy atom. The Balaban J connectivity index is 2.54. The number of carbonyl (C=O) groups excluding carboxylic acids is 2. The van der Waals surface area contributed by atoms with Gasteiger partial charge < -0.3 is 4.74 Å². The third-order valence-electron chi connectivity index (χ3n) is 1.95. The number of Topliss-reactive ketones (excluding diaryl/α,β-unsaturated/α-hetero) is 1. The van der Waals surface area contributed by atoms with Crippen molar-refractivity contribution in [3.63, 3.8) is 0 Å². The highest BCUT2D eigenvalue weighted by Crippen LogP contribution is 2.11. The highest BCUT2D eigenvalue weighted by Gasteiger charge is 2.08. The summed E-state index contributed by atoms with van der Waals surface area (Å²) in [4.78, 5) is 22.3. The smallest absolute Gasteiger partial charge is 0.305 e. The lowest BCUT2D eigenvalue weighted by Crippen LogP contribution is -2.05. The first-order valence-electron chi connectivity index (χ1n) is 4.49. The molecule has 0 radical (unpaired) electrons. The van der Waals surface area contributed by atoms with Gasteiger partial charge in [0.05, 0.1) is 13.5 Å². The third kappa shape index (κ3) is 3.72. The van der Waals surface area contributed by atoms with Gasteiger partial charge in [0.1, 0.15) is 0 Å². The van der Waals surface area contributed by atoms with Crippen molar-refractivity contribution in [1.29, 1.82) is 0 Å². The molecule has 0 spiro atoms. The van der Waals surface area contributed by atoms with Gasteiger partial charge in [-0.1, -0.05) is 11.6 Å². The Kier molecular flexibility index (Phi) is 4.31. The maximum atomic E-state index is 11.5. The first-order chi connectivity index (χ1) is 7.13. The van der Waals surface area contributed by atoms with Crippen LogP contribution in [0.25, 0.3) is 0 Å². The summed E-state index contributed by atoms with van der Waals surface area (Å²) in [6.07, 6.45) is 0.270. The molecule has 0 saturated carbocycles. The van der Waals surface area contributed by atoms with E-state index in [1.54, 1.807) is 24.3 Å². The van der Waals surface area contributed by atoms with E-state index in [0.29, 0.717) is 10.6 Å². The number of ketones is 1. The number of rotatable bonds is 4. The average molecular weight is 227 g/mol. The van der Waals surface area contributed by atoms with Crippen LogP contribution in [0.2, 0.25) is 5.02 Å². The monoisotopic (exact) mass is 226 g/mol. The van der Waals surface area contributed by atoms with Gasteiger partial charge in [0.2, 0.25) is 0 Å². The molecule has 4 heteroatoms. The van der Waals surface area contributed by atoms with E-state index in [2.05, 4.69) is 4.74 Å². The normalized spacial score (nSPS) is 9.73. The second kappa shape index (κ2) is 5.51. The van der Waals surface area contributed by atoms with Crippen molar-refractivity contribution >= 4 is 23.4 Å². The van der Waals surface area contributed by atoms with Crippen LogP contribution in [0.3, 0.4) is 0 Å². The minimum Gasteiger partial charge on any atom is -0.469 e. The number of hydrogen-bond acceptors (Lipinski definition) is 3. The molecule has 1 aromatic carbocycles. The maximum absolute atomic E-state index is 11.5. The molecule has 15 heavy (non-hydrogen) atoms. The number of esters is 1. The second-order valence-electron chi connectivity index (χ2n) is 3.01. The zero-order chi connectivity index (χ0) is 11.3. The van der Waals surface area contributed by atoms with E-state index in [9.17, 15) is 9.59 Å². The van der Waals surface area contributed by atoms with Gasteiger partial charge in [-0.05, 0) is 24.3 Å². The number of carbonyl (C=O) groups is 2. The van der Waals surface area contributed by atoms with Crippen LogP contribution in [0.15, 0.2) is 24.3 Å². The molecule has 0 atom stereocenters. The zero-order valence-corrected chi connectivity index (χ0v) is 9.08. The van der Waals surface area contributed by atoms with Gasteiger partial charge in [0.15, 0.2) is 5.78 Å². The molecule has 0 aliphatic rings. The largest absolute Gasteiger partial charge is 0.469 e. The molecule has 0 heterocycles. The number of ether oxygens (including phenoxy) is 1. The topological polar surface area (TPSA) is 43.4 Å². The van der Waals surface area contributed by atoms with E-state index in [4.69, 9.17) is 11.6 Å². The van der Waals surface area contributed by atoms with E-state index in [1.165, 1.54) is 7.11 Å². The number of methoxy groups -OCH3 is 1. The van der Waals surface area contributed by atoms with Crippen molar-refractivity contribution in [3.05, 3.63) is 34.9 Å². The van der Waals surface area contributed by atoms with Crippen molar-refractivity contribution < 1.29 is 14.3 Å². The molecule has 3 nitrogen and oxygen atoms in total. The molecule has 1 aromatic rings. The number of halogens is 1. The lowest BCUT2D eigenvalue weighted by Gasteiger charge is -2.00. The Labute approximate surface area is 93.0 Å². The molecule has 0 aliphatic carbocycles. The summed E-state index contributed by atoms with van der Waals surface area (Å²) in [5, 5.41) is 0.583. The lowest BCUT2D eigenvalue weighted by atomic mass is 10.1. The summed E-state index contributed by atoms with van der Waals surface area (Å²) >= 11 is 5.68. The Morgan fingerprint density at radius 3 is 2.33 bits per heavy atom. The summed E-state index contributed by atoms with van der Waals surface area (Å²) in [6, 6.07) is 6.57. The molecular weight excluding hydrogens is 216 g/mol. The SMILES string of the molecule is COC(=O)CCC(=O)c1ccc(Cl)cc1. The fourth-order valence-electron chi connectivity index (χ4n) is 1.10. The molecule has 0 unspecified atom stereocenters. The summed E-state index contributed by atoms with van der Waals surface area (Å²) in [5.74, 6) is -0.464. The summed E-state index contributed by atoms with van der Waals surface area (Å²) in [7, 11) is 1.30. The predicted octanol–water partition coefficient (Wildman–Crippen LogP) is 2.48. The first kappa shape index (κ1) is 11.7. The van der Waals surface area contributed by atoms with Crippen LogP contribution in [-0.2, 0) is 9.53 Å². The van der Waals surface area contributed by atoms with Crippen LogP contribution < -0.4 is 0 Å². The van der Waals surface area contributed by atoms with E-state index >= 15 is 0 Å². The third-order valence-corrected chi connectivity index (χ3v) is 2.20. The van der Waals surface area contributed by atoms with Crippen LogP contribution >= 0.6 is 11.6 Å². The molecule has 1 rings (SSSR count). The highest BCUT2D eigenvalue weighted by molar-refractivity contribution is 6.30. The average Bonchev–Trinajstić information content (AvgIpc) is 2.26.